The SMILES string of the molecule is C=C(Cl)/N=C1\C(=C/C)NC(=NCc2ccc(S(C)(=O)=O)cc2)C(=O)N1C(C)C. The molecule has 1 aromatic rings. The van der Waals surface area contributed by atoms with Crippen LogP contribution >= 0.6 is 11.6 Å². The highest BCUT2D eigenvalue weighted by molar-refractivity contribution is 7.90. The van der Waals surface area contributed by atoms with Gasteiger partial charge in [0.1, 0.15) is 5.16 Å². The third-order valence-electron chi connectivity index (χ3n) is 3.95. The molecule has 28 heavy (non-hydrogen) atoms. The summed E-state index contributed by atoms with van der Waals surface area (Å²) in [5, 5.41) is 3.06. The van der Waals surface area contributed by atoms with Gasteiger partial charge in [-0.25, -0.2) is 13.4 Å². The van der Waals surface area contributed by atoms with E-state index in [2.05, 4.69) is 21.9 Å². The molecule has 1 aromatic carbocycles. The molecule has 0 aliphatic carbocycles. The van der Waals surface area contributed by atoms with Crippen LogP contribution in [0.1, 0.15) is 26.3 Å². The quantitative estimate of drug-likeness (QED) is 0.738. The van der Waals surface area contributed by atoms with Gasteiger partial charge in [0.25, 0.3) is 5.91 Å². The van der Waals surface area contributed by atoms with Gasteiger partial charge in [-0.1, -0.05) is 36.4 Å². The van der Waals surface area contributed by atoms with Crippen molar-refractivity contribution in [2.24, 2.45) is 9.98 Å². The van der Waals surface area contributed by atoms with Crippen LogP contribution < -0.4 is 5.32 Å². The van der Waals surface area contributed by atoms with Gasteiger partial charge in [-0.15, -0.1) is 0 Å². The fourth-order valence-electron chi connectivity index (χ4n) is 2.61. The molecule has 1 fully saturated rings. The molecule has 0 spiro atoms. The van der Waals surface area contributed by atoms with Crippen molar-refractivity contribution in [3.8, 4) is 0 Å². The van der Waals surface area contributed by atoms with Gasteiger partial charge in [-0.05, 0) is 38.5 Å². The Bertz CT molecular complexity index is 977. The monoisotopic (exact) mass is 422 g/mol. The number of sulfone groups is 1. The summed E-state index contributed by atoms with van der Waals surface area (Å²) in [4.78, 5) is 23.2. The van der Waals surface area contributed by atoms with Crippen molar-refractivity contribution in [2.45, 2.75) is 38.3 Å². The van der Waals surface area contributed by atoms with Gasteiger partial charge < -0.3 is 5.32 Å². The molecule has 0 bridgehead atoms. The number of aliphatic imine (C=N–C) groups is 2. The van der Waals surface area contributed by atoms with Gasteiger partial charge in [0.05, 0.1) is 17.1 Å². The van der Waals surface area contributed by atoms with E-state index in [0.29, 0.717) is 11.5 Å². The van der Waals surface area contributed by atoms with E-state index in [9.17, 15) is 13.2 Å². The number of nitrogens with zero attached hydrogens (tertiary/aromatic N) is 3. The number of nitrogens with one attached hydrogen (secondary N) is 1. The summed E-state index contributed by atoms with van der Waals surface area (Å²) in [6, 6.07) is 6.23. The number of piperazine rings is 1. The zero-order valence-corrected chi connectivity index (χ0v) is 17.8. The van der Waals surface area contributed by atoms with Gasteiger partial charge in [0.15, 0.2) is 21.5 Å². The molecule has 1 N–H and O–H groups in total. The van der Waals surface area contributed by atoms with E-state index in [1.807, 2.05) is 20.8 Å². The number of carbonyl (C=O) groups excluding carboxylic acids is 1. The van der Waals surface area contributed by atoms with Crippen molar-refractivity contribution in [2.75, 3.05) is 6.26 Å². The topological polar surface area (TPSA) is 91.2 Å². The first kappa shape index (κ1) is 21.8. The molecule has 150 valence electrons. The van der Waals surface area contributed by atoms with E-state index >= 15 is 0 Å². The minimum atomic E-state index is -3.25. The molecule has 1 heterocycles. The van der Waals surface area contributed by atoms with Crippen molar-refractivity contribution in [3.63, 3.8) is 0 Å². The summed E-state index contributed by atoms with van der Waals surface area (Å²) < 4.78 is 23.1. The Morgan fingerprint density at radius 3 is 2.39 bits per heavy atom. The maximum atomic E-state index is 12.9. The first-order valence-electron chi connectivity index (χ1n) is 8.58. The van der Waals surface area contributed by atoms with E-state index in [1.165, 1.54) is 17.0 Å². The largest absolute Gasteiger partial charge is 0.333 e. The number of benzene rings is 1. The molecule has 1 aliphatic heterocycles. The van der Waals surface area contributed by atoms with Gasteiger partial charge in [0.2, 0.25) is 0 Å². The maximum Gasteiger partial charge on any atom is 0.295 e. The van der Waals surface area contributed by atoms with Crippen molar-refractivity contribution in [3.05, 3.63) is 53.3 Å². The van der Waals surface area contributed by atoms with E-state index in [0.717, 1.165) is 11.8 Å². The van der Waals surface area contributed by atoms with Crippen LogP contribution in [0.25, 0.3) is 0 Å². The summed E-state index contributed by atoms with van der Waals surface area (Å²) in [6.45, 7) is 9.33. The lowest BCUT2D eigenvalue weighted by Crippen LogP contribution is -2.56. The summed E-state index contributed by atoms with van der Waals surface area (Å²) in [6.07, 6.45) is 2.93. The predicted octanol–water partition coefficient (Wildman–Crippen LogP) is 2.84. The second-order valence-corrected chi connectivity index (χ2v) is 8.94. The molecule has 1 amide bonds. The number of amides is 1. The minimum Gasteiger partial charge on any atom is -0.333 e. The molecule has 9 heteroatoms. The van der Waals surface area contributed by atoms with Gasteiger partial charge in [-0.2, -0.15) is 0 Å². The van der Waals surface area contributed by atoms with Crippen LogP contribution in [0.15, 0.2) is 62.7 Å². The Labute approximate surface area is 170 Å². The number of rotatable bonds is 5. The van der Waals surface area contributed by atoms with Crippen LogP contribution in [-0.4, -0.2) is 43.2 Å². The minimum absolute atomic E-state index is 0.0703. The summed E-state index contributed by atoms with van der Waals surface area (Å²) in [7, 11) is -3.25. The molecule has 0 atom stereocenters. The molecule has 1 aliphatic rings. The lowest BCUT2D eigenvalue weighted by atomic mass is 10.2. The molecular weight excluding hydrogens is 400 g/mol. The Balaban J connectivity index is 2.33. The average molecular weight is 423 g/mol. The number of amidine groups is 2. The fraction of sp³-hybridized carbons (Fsp3) is 0.316. The second kappa shape index (κ2) is 8.70. The summed E-state index contributed by atoms with van der Waals surface area (Å²) >= 11 is 5.83. The van der Waals surface area contributed by atoms with Crippen molar-refractivity contribution in [1.29, 1.82) is 0 Å². The van der Waals surface area contributed by atoms with E-state index in [-0.39, 0.29) is 34.4 Å². The molecule has 2 rings (SSSR count). The molecular formula is C19H23ClN4O3S. The van der Waals surface area contributed by atoms with Crippen LogP contribution in [0.2, 0.25) is 0 Å². The number of carbonyl (C=O) groups is 1. The zero-order valence-electron chi connectivity index (χ0n) is 16.2. The second-order valence-electron chi connectivity index (χ2n) is 6.49. The molecule has 0 aromatic heterocycles. The smallest absolute Gasteiger partial charge is 0.295 e. The first-order valence-corrected chi connectivity index (χ1v) is 10.8. The lowest BCUT2D eigenvalue weighted by Gasteiger charge is -2.34. The standard InChI is InChI=1S/C19H23ClN4O3S/c1-6-16-18(22-13(4)20)24(12(2)3)19(25)17(23-16)21-11-14-7-9-15(10-8-14)28(5,26)27/h6-10,12H,4,11H2,1-3,5H3,(H,21,23)/b16-6+,22-18+. The number of hydrogen-bond acceptors (Lipinski definition) is 5. The highest BCUT2D eigenvalue weighted by atomic mass is 35.5. The first-order chi connectivity index (χ1) is 13.0. The Hall–Kier alpha value is -2.45. The van der Waals surface area contributed by atoms with E-state index in [4.69, 9.17) is 11.6 Å². The molecule has 0 saturated carbocycles. The van der Waals surface area contributed by atoms with Crippen molar-refractivity contribution in [1.82, 2.24) is 10.2 Å². The Morgan fingerprint density at radius 1 is 1.32 bits per heavy atom. The fourth-order valence-corrected chi connectivity index (χ4v) is 3.32. The Morgan fingerprint density at radius 2 is 1.93 bits per heavy atom. The summed E-state index contributed by atoms with van der Waals surface area (Å²) in [5.74, 6) is 0.233. The van der Waals surface area contributed by atoms with Crippen molar-refractivity contribution >= 4 is 39.0 Å². The van der Waals surface area contributed by atoms with Gasteiger partial charge in [-0.3, -0.25) is 14.7 Å². The lowest BCUT2D eigenvalue weighted by molar-refractivity contribution is -0.122. The normalized spacial score (nSPS) is 19.6. The third-order valence-corrected chi connectivity index (χ3v) is 5.16. The third kappa shape index (κ3) is 5.08. The highest BCUT2D eigenvalue weighted by Crippen LogP contribution is 2.17. The highest BCUT2D eigenvalue weighted by Gasteiger charge is 2.34. The molecule has 1 saturated heterocycles. The van der Waals surface area contributed by atoms with Crippen LogP contribution in [0, 0.1) is 0 Å². The zero-order chi connectivity index (χ0) is 21.1. The van der Waals surface area contributed by atoms with Gasteiger partial charge in [0, 0.05) is 12.3 Å². The molecule has 0 unspecified atom stereocenters. The Kier molecular flexibility index (Phi) is 6.79. The molecule has 7 nitrogen and oxygen atoms in total. The number of allylic oxidation sites excluding steroid dienone is 1. The van der Waals surface area contributed by atoms with Crippen molar-refractivity contribution < 1.29 is 13.2 Å². The van der Waals surface area contributed by atoms with Crippen LogP contribution in [0.5, 0.6) is 0 Å². The number of halogens is 1. The number of hydrogen-bond donors (Lipinski definition) is 1. The van der Waals surface area contributed by atoms with Gasteiger partial charge >= 0.3 is 0 Å². The van der Waals surface area contributed by atoms with E-state index in [1.54, 1.807) is 18.2 Å². The van der Waals surface area contributed by atoms with Crippen LogP contribution in [0.3, 0.4) is 0 Å². The molecule has 0 radical (unpaired) electrons. The summed E-state index contributed by atoms with van der Waals surface area (Å²) in [5.41, 5.74) is 1.38. The van der Waals surface area contributed by atoms with Crippen LogP contribution in [-0.2, 0) is 21.2 Å². The maximum absolute atomic E-state index is 12.9. The predicted molar refractivity (Wildman–Crippen MR) is 112 cm³/mol. The van der Waals surface area contributed by atoms with E-state index < -0.39 is 9.84 Å². The average Bonchev–Trinajstić information content (AvgIpc) is 2.60. The van der Waals surface area contributed by atoms with Crippen LogP contribution in [0.4, 0.5) is 0 Å².